The number of hydrogen-bond donors (Lipinski definition) is 3. The molecule has 0 aliphatic carbocycles. The largest absolute Gasteiger partial charge is 0.465 e. The van der Waals surface area contributed by atoms with E-state index in [1.165, 1.54) is 42.0 Å². The topological polar surface area (TPSA) is 117 Å². The highest BCUT2D eigenvalue weighted by molar-refractivity contribution is 8.04. The number of allylic oxidation sites excluding steroid dienone is 1. The minimum Gasteiger partial charge on any atom is -0.465 e. The molecule has 1 aliphatic heterocycles. The number of nitrogens with one attached hydrogen (secondary N) is 3. The fourth-order valence-corrected chi connectivity index (χ4v) is 4.54. The number of hydrogen-bond acceptors (Lipinski definition) is 6. The Morgan fingerprint density at radius 2 is 1.84 bits per heavy atom. The van der Waals surface area contributed by atoms with Crippen LogP contribution in [0.15, 0.2) is 28.8 Å². The number of amides is 4. The van der Waals surface area contributed by atoms with Gasteiger partial charge in [-0.2, -0.15) is 0 Å². The SMILES string of the molecule is CC.COC(=O)c1ccc(NC(=O)N/C(C)=C(/SCC(C)(C)C)C(=O)N2CCNC(=O)C2(C)C)c(Cl)c1. The first kappa shape index (κ1) is 32.3. The lowest BCUT2D eigenvalue weighted by Gasteiger charge is -2.41. The van der Waals surface area contributed by atoms with E-state index in [0.717, 1.165) is 0 Å². The van der Waals surface area contributed by atoms with Crippen LogP contribution in [0.5, 0.6) is 0 Å². The smallest absolute Gasteiger partial charge is 0.337 e. The van der Waals surface area contributed by atoms with Crippen molar-refractivity contribution >= 4 is 52.9 Å². The van der Waals surface area contributed by atoms with Crippen LogP contribution in [0.4, 0.5) is 10.5 Å². The average molecular weight is 555 g/mol. The first-order valence-electron chi connectivity index (χ1n) is 12.1. The van der Waals surface area contributed by atoms with Crippen molar-refractivity contribution in [2.24, 2.45) is 5.41 Å². The van der Waals surface area contributed by atoms with Crippen molar-refractivity contribution in [1.29, 1.82) is 0 Å². The van der Waals surface area contributed by atoms with Gasteiger partial charge in [0.15, 0.2) is 0 Å². The predicted molar refractivity (Wildman–Crippen MR) is 150 cm³/mol. The van der Waals surface area contributed by atoms with Crippen LogP contribution in [-0.2, 0) is 14.3 Å². The minimum atomic E-state index is -1.03. The van der Waals surface area contributed by atoms with Crippen LogP contribution in [0.3, 0.4) is 0 Å². The molecule has 0 saturated carbocycles. The summed E-state index contributed by atoms with van der Waals surface area (Å²) in [5, 5.41) is 8.28. The van der Waals surface area contributed by atoms with E-state index in [1.54, 1.807) is 20.8 Å². The maximum absolute atomic E-state index is 13.6. The van der Waals surface area contributed by atoms with Gasteiger partial charge >= 0.3 is 12.0 Å². The number of anilines is 1. The second-order valence-electron chi connectivity index (χ2n) is 9.84. The minimum absolute atomic E-state index is 0.0809. The van der Waals surface area contributed by atoms with Gasteiger partial charge in [0, 0.05) is 24.5 Å². The molecule has 0 radical (unpaired) electrons. The summed E-state index contributed by atoms with van der Waals surface area (Å²) >= 11 is 7.54. The van der Waals surface area contributed by atoms with Crippen LogP contribution >= 0.6 is 23.4 Å². The van der Waals surface area contributed by atoms with Gasteiger partial charge in [0.05, 0.1) is 28.3 Å². The quantitative estimate of drug-likeness (QED) is 0.336. The second-order valence-corrected chi connectivity index (χ2v) is 11.2. The summed E-state index contributed by atoms with van der Waals surface area (Å²) in [6.45, 7) is 15.9. The molecule has 0 bridgehead atoms. The van der Waals surface area contributed by atoms with E-state index in [-0.39, 0.29) is 33.5 Å². The second kappa shape index (κ2) is 13.7. The first-order chi connectivity index (χ1) is 17.2. The van der Waals surface area contributed by atoms with E-state index in [1.807, 2.05) is 13.8 Å². The van der Waals surface area contributed by atoms with Crippen LogP contribution < -0.4 is 16.0 Å². The van der Waals surface area contributed by atoms with E-state index < -0.39 is 17.5 Å². The maximum Gasteiger partial charge on any atom is 0.337 e. The molecule has 1 aliphatic rings. The molecule has 0 spiro atoms. The van der Waals surface area contributed by atoms with E-state index >= 15 is 0 Å². The summed E-state index contributed by atoms with van der Waals surface area (Å²) < 4.78 is 4.67. The standard InChI is InChI=1S/C24H33ClN4O5S.C2H6/c1-14(27-22(33)28-17-9-8-15(12-16(17)25)20(31)34-7)18(35-13-23(2,3)4)19(30)29-11-10-26-21(32)24(29,5)6;1-2/h8-9,12H,10-11,13H2,1-7H3,(H,26,32)(H2,27,28,33);1-2H3/b18-14+;. The Morgan fingerprint density at radius 1 is 1.22 bits per heavy atom. The van der Waals surface area contributed by atoms with Crippen molar-refractivity contribution in [3.8, 4) is 0 Å². The number of rotatable bonds is 6. The predicted octanol–water partition coefficient (Wildman–Crippen LogP) is 5.02. The van der Waals surface area contributed by atoms with Gasteiger partial charge in [-0.3, -0.25) is 9.59 Å². The molecule has 1 fully saturated rings. The maximum atomic E-state index is 13.6. The molecule has 0 aromatic heterocycles. The Bertz CT molecular complexity index is 1050. The first-order valence-corrected chi connectivity index (χ1v) is 13.4. The Kier molecular flexibility index (Phi) is 12.0. The van der Waals surface area contributed by atoms with Crippen molar-refractivity contribution in [3.63, 3.8) is 0 Å². The summed E-state index contributed by atoms with van der Waals surface area (Å²) in [6.07, 6.45) is 0. The number of carbonyl (C=O) groups excluding carboxylic acids is 4. The van der Waals surface area contributed by atoms with Gasteiger partial charge in [-0.05, 0) is 44.4 Å². The van der Waals surface area contributed by atoms with Gasteiger partial charge in [-0.25, -0.2) is 9.59 Å². The molecule has 1 aromatic rings. The monoisotopic (exact) mass is 554 g/mol. The summed E-state index contributed by atoms with van der Waals surface area (Å²) in [5.74, 6) is -0.478. The Hall–Kier alpha value is -2.72. The third kappa shape index (κ3) is 8.96. The molecule has 206 valence electrons. The van der Waals surface area contributed by atoms with E-state index in [4.69, 9.17) is 11.6 Å². The van der Waals surface area contributed by atoms with Gasteiger partial charge in [0.2, 0.25) is 5.91 Å². The molecular weight excluding hydrogens is 516 g/mol. The lowest BCUT2D eigenvalue weighted by molar-refractivity contribution is -0.146. The van der Waals surface area contributed by atoms with Crippen molar-refractivity contribution in [2.45, 2.75) is 60.9 Å². The number of methoxy groups -OCH3 is 1. The average Bonchev–Trinajstić information content (AvgIpc) is 2.82. The van der Waals surface area contributed by atoms with Crippen LogP contribution in [0.1, 0.15) is 65.7 Å². The molecule has 1 aromatic carbocycles. The molecule has 3 N–H and O–H groups in total. The number of nitrogens with zero attached hydrogens (tertiary/aromatic N) is 1. The van der Waals surface area contributed by atoms with E-state index in [0.29, 0.717) is 29.4 Å². The van der Waals surface area contributed by atoms with Crippen molar-refractivity contribution in [2.75, 3.05) is 31.3 Å². The Morgan fingerprint density at radius 3 is 2.38 bits per heavy atom. The summed E-state index contributed by atoms with van der Waals surface area (Å²) in [6, 6.07) is 3.76. The number of thioether (sulfide) groups is 1. The third-order valence-corrected chi connectivity index (χ3v) is 7.31. The number of piperazine rings is 1. The van der Waals surface area contributed by atoms with Gasteiger partial charge in [-0.15, -0.1) is 11.8 Å². The molecule has 9 nitrogen and oxygen atoms in total. The summed E-state index contributed by atoms with van der Waals surface area (Å²) in [7, 11) is 1.26. The number of benzene rings is 1. The molecule has 1 heterocycles. The number of urea groups is 1. The van der Waals surface area contributed by atoms with Gasteiger partial charge in [-0.1, -0.05) is 46.2 Å². The summed E-state index contributed by atoms with van der Waals surface area (Å²) in [4.78, 5) is 52.2. The van der Waals surface area contributed by atoms with Gasteiger partial charge < -0.3 is 25.6 Å². The Balaban J connectivity index is 0.00000334. The highest BCUT2D eigenvalue weighted by Crippen LogP contribution is 2.32. The zero-order valence-electron chi connectivity index (χ0n) is 23.1. The van der Waals surface area contributed by atoms with E-state index in [2.05, 4.69) is 41.5 Å². The molecule has 0 atom stereocenters. The summed E-state index contributed by atoms with van der Waals surface area (Å²) in [5.41, 5.74) is -0.221. The van der Waals surface area contributed by atoms with Crippen LogP contribution in [0, 0.1) is 5.41 Å². The Labute approximate surface area is 229 Å². The molecular formula is C26H39ClN4O5S. The fraction of sp³-hybridized carbons (Fsp3) is 0.538. The highest BCUT2D eigenvalue weighted by Gasteiger charge is 2.42. The number of halogens is 1. The number of esters is 1. The lowest BCUT2D eigenvalue weighted by atomic mass is 9.98. The lowest BCUT2D eigenvalue weighted by Crippen LogP contribution is -2.63. The third-order valence-electron chi connectivity index (χ3n) is 5.22. The highest BCUT2D eigenvalue weighted by atomic mass is 35.5. The molecule has 4 amide bonds. The van der Waals surface area contributed by atoms with Crippen molar-refractivity contribution in [1.82, 2.24) is 15.5 Å². The van der Waals surface area contributed by atoms with Crippen LogP contribution in [0.2, 0.25) is 5.02 Å². The molecule has 2 rings (SSSR count). The molecule has 1 saturated heterocycles. The molecule has 11 heteroatoms. The zero-order chi connectivity index (χ0) is 28.6. The van der Waals surface area contributed by atoms with Gasteiger partial charge in [0.25, 0.3) is 5.91 Å². The van der Waals surface area contributed by atoms with Crippen LogP contribution in [-0.4, -0.2) is 60.2 Å². The normalized spacial score (nSPS) is 15.4. The van der Waals surface area contributed by atoms with Crippen molar-refractivity contribution < 1.29 is 23.9 Å². The van der Waals surface area contributed by atoms with Gasteiger partial charge in [0.1, 0.15) is 5.54 Å². The molecule has 37 heavy (non-hydrogen) atoms. The van der Waals surface area contributed by atoms with Crippen molar-refractivity contribution in [3.05, 3.63) is 39.4 Å². The number of carbonyl (C=O) groups is 4. The zero-order valence-corrected chi connectivity index (χ0v) is 24.7. The number of ether oxygens (including phenoxy) is 1. The van der Waals surface area contributed by atoms with E-state index in [9.17, 15) is 19.2 Å². The molecule has 0 unspecified atom stereocenters. The fourth-order valence-electron chi connectivity index (χ4n) is 3.24. The van der Waals surface area contributed by atoms with Crippen LogP contribution in [0.25, 0.3) is 0 Å².